The fourth-order valence-electron chi connectivity index (χ4n) is 4.14. The van der Waals surface area contributed by atoms with Crippen molar-refractivity contribution >= 4 is 63.9 Å². The van der Waals surface area contributed by atoms with E-state index >= 15 is 0 Å². The summed E-state index contributed by atoms with van der Waals surface area (Å²) in [5, 5.41) is 3.21. The molecule has 0 aliphatic carbocycles. The molecule has 178 valence electrons. The van der Waals surface area contributed by atoms with E-state index in [1.165, 1.54) is 18.2 Å². The first-order valence-electron chi connectivity index (χ1n) is 10.7. The maximum atomic E-state index is 13.1. The summed E-state index contributed by atoms with van der Waals surface area (Å²) in [5.41, 5.74) is 1.06. The minimum Gasteiger partial charge on any atom is -0.350 e. The summed E-state index contributed by atoms with van der Waals surface area (Å²) in [6.45, 7) is 1.89. The zero-order valence-corrected chi connectivity index (χ0v) is 20.9. The Balaban J connectivity index is 1.53. The highest BCUT2D eigenvalue weighted by molar-refractivity contribution is 6.53. The van der Waals surface area contributed by atoms with Gasteiger partial charge in [-0.15, -0.1) is 0 Å². The van der Waals surface area contributed by atoms with E-state index in [0.717, 1.165) is 30.8 Å². The molecule has 7 nitrogen and oxygen atoms in total. The molecule has 0 radical (unpaired) electrons. The van der Waals surface area contributed by atoms with E-state index in [-0.39, 0.29) is 38.4 Å². The van der Waals surface area contributed by atoms with Crippen molar-refractivity contribution in [3.63, 3.8) is 0 Å². The Bertz CT molecular complexity index is 1170. The molecule has 4 rings (SSSR count). The van der Waals surface area contributed by atoms with Crippen molar-refractivity contribution < 1.29 is 14.4 Å². The molecule has 34 heavy (non-hydrogen) atoms. The molecule has 2 aliphatic heterocycles. The third-order valence-corrected chi connectivity index (χ3v) is 6.85. The molecule has 10 heteroatoms. The molecule has 0 unspecified atom stereocenters. The van der Waals surface area contributed by atoms with Crippen LogP contribution in [-0.4, -0.2) is 60.7 Å². The van der Waals surface area contributed by atoms with E-state index in [0.29, 0.717) is 11.3 Å². The lowest BCUT2D eigenvalue weighted by molar-refractivity contribution is -0.120. The number of likely N-dealkylation sites (tertiary alicyclic amines) is 1. The van der Waals surface area contributed by atoms with E-state index in [1.54, 1.807) is 29.2 Å². The molecular formula is C24H23Cl3N4O3. The van der Waals surface area contributed by atoms with Gasteiger partial charge in [0.05, 0.1) is 5.69 Å². The standard InChI is InChI=1S/C24H23Cl3N4O3/c1-29-8-6-18(7-9-29)30(2)22(32)14-4-3-5-17(10-14)28-21-20(27)23(33)31(24(21)34)19-12-15(25)11-16(26)13-19/h3-5,10-13,18,28H,6-9H2,1-2H3. The van der Waals surface area contributed by atoms with Crippen molar-refractivity contribution in [2.75, 3.05) is 37.4 Å². The van der Waals surface area contributed by atoms with Gasteiger partial charge >= 0.3 is 0 Å². The number of imide groups is 1. The monoisotopic (exact) mass is 520 g/mol. The van der Waals surface area contributed by atoms with Crippen LogP contribution in [0.4, 0.5) is 11.4 Å². The molecule has 1 fully saturated rings. The molecule has 0 atom stereocenters. The SMILES string of the molecule is CN1CCC(N(C)C(=O)c2cccc(NC3=C(Cl)C(=O)N(c4cc(Cl)cc(Cl)c4)C3=O)c2)CC1. The number of hydrogen-bond donors (Lipinski definition) is 1. The number of carbonyl (C=O) groups is 3. The highest BCUT2D eigenvalue weighted by Gasteiger charge is 2.39. The average molecular weight is 522 g/mol. The quantitative estimate of drug-likeness (QED) is 0.583. The Hall–Kier alpha value is -2.58. The van der Waals surface area contributed by atoms with E-state index in [2.05, 4.69) is 17.3 Å². The highest BCUT2D eigenvalue weighted by atomic mass is 35.5. The van der Waals surface area contributed by atoms with Crippen LogP contribution in [0, 0.1) is 0 Å². The van der Waals surface area contributed by atoms with Crippen molar-refractivity contribution in [3.8, 4) is 0 Å². The minimum absolute atomic E-state index is 0.0870. The van der Waals surface area contributed by atoms with Crippen LogP contribution in [0.15, 0.2) is 53.2 Å². The van der Waals surface area contributed by atoms with Crippen LogP contribution in [-0.2, 0) is 9.59 Å². The number of nitrogens with one attached hydrogen (secondary N) is 1. The number of amides is 3. The van der Waals surface area contributed by atoms with Gasteiger partial charge in [-0.2, -0.15) is 0 Å². The molecule has 0 saturated carbocycles. The maximum absolute atomic E-state index is 13.1. The first kappa shape index (κ1) is 24.5. The first-order chi connectivity index (χ1) is 16.2. The molecule has 2 heterocycles. The van der Waals surface area contributed by atoms with Gasteiger partial charge in [0.15, 0.2) is 0 Å². The van der Waals surface area contributed by atoms with Crippen LogP contribution in [0.25, 0.3) is 0 Å². The minimum atomic E-state index is -0.693. The predicted molar refractivity (Wildman–Crippen MR) is 135 cm³/mol. The summed E-state index contributed by atoms with van der Waals surface area (Å²) < 4.78 is 0. The van der Waals surface area contributed by atoms with E-state index in [4.69, 9.17) is 34.8 Å². The number of halogens is 3. The average Bonchev–Trinajstić information content (AvgIpc) is 3.01. The van der Waals surface area contributed by atoms with Crippen LogP contribution in [0.1, 0.15) is 23.2 Å². The molecule has 0 aromatic heterocycles. The number of carbonyl (C=O) groups excluding carboxylic acids is 3. The first-order valence-corrected chi connectivity index (χ1v) is 11.9. The summed E-state index contributed by atoms with van der Waals surface area (Å²) in [6, 6.07) is 11.3. The largest absolute Gasteiger partial charge is 0.350 e. The fourth-order valence-corrected chi connectivity index (χ4v) is 4.87. The van der Waals surface area contributed by atoms with E-state index < -0.39 is 11.8 Å². The molecular weight excluding hydrogens is 499 g/mol. The smallest absolute Gasteiger partial charge is 0.283 e. The number of hydrogen-bond acceptors (Lipinski definition) is 5. The normalized spacial score (nSPS) is 17.5. The van der Waals surface area contributed by atoms with Gasteiger partial charge in [0, 0.05) is 34.4 Å². The molecule has 2 aromatic rings. The van der Waals surface area contributed by atoms with Crippen LogP contribution in [0.2, 0.25) is 10.0 Å². The fraction of sp³-hybridized carbons (Fsp3) is 0.292. The molecule has 1 N–H and O–H groups in total. The maximum Gasteiger partial charge on any atom is 0.283 e. The van der Waals surface area contributed by atoms with Gasteiger partial charge in [-0.05, 0) is 69.4 Å². The highest BCUT2D eigenvalue weighted by Crippen LogP contribution is 2.33. The van der Waals surface area contributed by atoms with Gasteiger partial charge in [-0.25, -0.2) is 4.90 Å². The molecule has 0 spiro atoms. The summed E-state index contributed by atoms with van der Waals surface area (Å²) >= 11 is 18.3. The van der Waals surface area contributed by atoms with Crippen LogP contribution >= 0.6 is 34.8 Å². The number of rotatable bonds is 5. The molecule has 0 bridgehead atoms. The Labute approximate surface area is 212 Å². The van der Waals surface area contributed by atoms with Crippen LogP contribution < -0.4 is 10.2 Å². The molecule has 1 saturated heterocycles. The Morgan fingerprint density at radius 1 is 1.00 bits per heavy atom. The lowest BCUT2D eigenvalue weighted by atomic mass is 10.0. The van der Waals surface area contributed by atoms with E-state index in [1.807, 2.05) is 7.05 Å². The zero-order chi connectivity index (χ0) is 24.6. The molecule has 3 amide bonds. The Morgan fingerprint density at radius 2 is 1.65 bits per heavy atom. The van der Waals surface area contributed by atoms with Crippen molar-refractivity contribution in [3.05, 3.63) is 68.8 Å². The number of benzene rings is 2. The van der Waals surface area contributed by atoms with Crippen molar-refractivity contribution in [2.45, 2.75) is 18.9 Å². The number of nitrogens with zero attached hydrogens (tertiary/aromatic N) is 3. The third kappa shape index (κ3) is 4.93. The van der Waals surface area contributed by atoms with Gasteiger partial charge in [0.2, 0.25) is 0 Å². The van der Waals surface area contributed by atoms with Crippen molar-refractivity contribution in [2.24, 2.45) is 0 Å². The van der Waals surface area contributed by atoms with Crippen molar-refractivity contribution in [1.82, 2.24) is 9.80 Å². The lowest BCUT2D eigenvalue weighted by Gasteiger charge is -2.35. The molecule has 2 aliphatic rings. The topological polar surface area (TPSA) is 73.0 Å². The second kappa shape index (κ2) is 9.96. The summed E-state index contributed by atoms with van der Waals surface area (Å²) in [7, 11) is 3.88. The van der Waals surface area contributed by atoms with Gasteiger partial charge in [-0.3, -0.25) is 14.4 Å². The van der Waals surface area contributed by atoms with Gasteiger partial charge < -0.3 is 15.1 Å². The Kier molecular flexibility index (Phi) is 7.19. The lowest BCUT2D eigenvalue weighted by Crippen LogP contribution is -2.44. The van der Waals surface area contributed by atoms with Gasteiger partial charge in [0.25, 0.3) is 17.7 Å². The number of anilines is 2. The number of piperidine rings is 1. The van der Waals surface area contributed by atoms with Crippen molar-refractivity contribution in [1.29, 1.82) is 0 Å². The predicted octanol–water partition coefficient (Wildman–Crippen LogP) is 4.60. The Morgan fingerprint density at radius 3 is 2.29 bits per heavy atom. The summed E-state index contributed by atoms with van der Waals surface area (Å²) in [6.07, 6.45) is 1.83. The van der Waals surface area contributed by atoms with Gasteiger partial charge in [0.1, 0.15) is 10.7 Å². The molecule has 2 aromatic carbocycles. The summed E-state index contributed by atoms with van der Waals surface area (Å²) in [5.74, 6) is -1.45. The zero-order valence-electron chi connectivity index (χ0n) is 18.6. The van der Waals surface area contributed by atoms with Crippen LogP contribution in [0.5, 0.6) is 0 Å². The van der Waals surface area contributed by atoms with E-state index in [9.17, 15) is 14.4 Å². The van der Waals surface area contributed by atoms with Gasteiger partial charge in [-0.1, -0.05) is 40.9 Å². The van der Waals surface area contributed by atoms with Crippen LogP contribution in [0.3, 0.4) is 0 Å². The summed E-state index contributed by atoms with van der Waals surface area (Å²) in [4.78, 5) is 43.8. The third-order valence-electron chi connectivity index (χ3n) is 6.07. The second-order valence-electron chi connectivity index (χ2n) is 8.42. The second-order valence-corrected chi connectivity index (χ2v) is 9.67.